The molecule has 0 heterocycles. The summed E-state index contributed by atoms with van der Waals surface area (Å²) in [4.78, 5) is 23.9. The molecule has 0 aliphatic rings. The van der Waals surface area contributed by atoms with Gasteiger partial charge in [0.2, 0.25) is 0 Å². The normalized spacial score (nSPS) is 11.9. The third kappa shape index (κ3) is 5.61. The van der Waals surface area contributed by atoms with Crippen molar-refractivity contribution in [2.75, 3.05) is 26.1 Å². The average molecular weight is 373 g/mol. The Morgan fingerprint density at radius 2 is 1.78 bits per heavy atom. The van der Waals surface area contributed by atoms with Gasteiger partial charge < -0.3 is 19.5 Å². The Hall–Kier alpha value is -2.76. The van der Waals surface area contributed by atoms with Gasteiger partial charge in [0.25, 0.3) is 0 Å². The molecule has 0 spiro atoms. The van der Waals surface area contributed by atoms with Gasteiger partial charge in [-0.05, 0) is 23.8 Å². The van der Waals surface area contributed by atoms with Gasteiger partial charge in [-0.25, -0.2) is 4.79 Å². The largest absolute Gasteiger partial charge is 0.491 e. The Bertz CT molecular complexity index is 787. The molecule has 27 heavy (non-hydrogen) atoms. The van der Waals surface area contributed by atoms with Crippen molar-refractivity contribution < 1.29 is 23.8 Å². The molecular weight excluding hydrogens is 346 g/mol. The number of ether oxygens (including phenoxy) is 3. The van der Waals surface area contributed by atoms with Crippen LogP contribution in [0.1, 0.15) is 26.7 Å². The highest BCUT2D eigenvalue weighted by Crippen LogP contribution is 2.34. The highest BCUT2D eigenvalue weighted by molar-refractivity contribution is 5.99. The number of esters is 2. The summed E-state index contributed by atoms with van der Waals surface area (Å²) in [6.07, 6.45) is 0.771. The third-order valence-electron chi connectivity index (χ3n) is 4.25. The number of hydrogen-bond donors (Lipinski definition) is 1. The summed E-state index contributed by atoms with van der Waals surface area (Å²) in [6.45, 7) is 4.82. The van der Waals surface area contributed by atoms with E-state index in [9.17, 15) is 9.59 Å². The second kappa shape index (κ2) is 9.80. The first-order valence-corrected chi connectivity index (χ1v) is 9.02. The Kier molecular flexibility index (Phi) is 7.46. The molecule has 0 aliphatic carbocycles. The van der Waals surface area contributed by atoms with Crippen LogP contribution in [0.4, 0.5) is 5.69 Å². The number of benzene rings is 2. The maximum atomic E-state index is 12.2. The summed E-state index contributed by atoms with van der Waals surface area (Å²) < 4.78 is 15.5. The van der Waals surface area contributed by atoms with Crippen molar-refractivity contribution in [1.82, 2.24) is 0 Å². The Balaban J connectivity index is 2.38. The number of carbonyl (C=O) groups excluding carboxylic acids is 2. The molecule has 2 aromatic carbocycles. The molecular formula is C21H27NO5. The lowest BCUT2D eigenvalue weighted by Crippen LogP contribution is -2.33. The molecule has 0 saturated heterocycles. The topological polar surface area (TPSA) is 73.9 Å². The second-order valence-electron chi connectivity index (χ2n) is 6.69. The summed E-state index contributed by atoms with van der Waals surface area (Å²) in [7, 11) is 2.58. The standard InChI is InChI=1S/C21H27NO5/c1-14(2)11-12-27-18-10-9-15-7-5-6-8-16(15)20(18)22-17(21(24)26-4)13-19(23)25-3/h5-10,14,17,22H,11-13H2,1-4H3/t17-/m0/s1. The molecule has 0 radical (unpaired) electrons. The van der Waals surface area contributed by atoms with Gasteiger partial charge in [-0.15, -0.1) is 0 Å². The zero-order valence-electron chi connectivity index (χ0n) is 16.3. The first kappa shape index (κ1) is 20.6. The first-order valence-electron chi connectivity index (χ1n) is 9.02. The quantitative estimate of drug-likeness (QED) is 0.674. The lowest BCUT2D eigenvalue weighted by molar-refractivity contribution is -0.148. The van der Waals surface area contributed by atoms with Gasteiger partial charge >= 0.3 is 11.9 Å². The molecule has 0 bridgehead atoms. The average Bonchev–Trinajstić information content (AvgIpc) is 2.67. The zero-order valence-corrected chi connectivity index (χ0v) is 16.3. The van der Waals surface area contributed by atoms with E-state index in [-0.39, 0.29) is 6.42 Å². The van der Waals surface area contributed by atoms with E-state index < -0.39 is 18.0 Å². The van der Waals surface area contributed by atoms with Crippen LogP contribution in [0.5, 0.6) is 5.75 Å². The van der Waals surface area contributed by atoms with Crippen LogP contribution in [0.15, 0.2) is 36.4 Å². The predicted octanol–water partition coefficient (Wildman–Crippen LogP) is 3.78. The maximum absolute atomic E-state index is 12.2. The highest BCUT2D eigenvalue weighted by atomic mass is 16.5. The van der Waals surface area contributed by atoms with Crippen LogP contribution in [-0.4, -0.2) is 38.8 Å². The summed E-state index contributed by atoms with van der Waals surface area (Å²) in [6, 6.07) is 10.7. The van der Waals surface area contributed by atoms with Crippen molar-refractivity contribution in [2.24, 2.45) is 5.92 Å². The molecule has 0 saturated carbocycles. The molecule has 6 nitrogen and oxygen atoms in total. The van der Waals surface area contributed by atoms with E-state index in [2.05, 4.69) is 19.2 Å². The zero-order chi connectivity index (χ0) is 19.8. The molecule has 1 atom stereocenters. The van der Waals surface area contributed by atoms with E-state index in [1.807, 2.05) is 36.4 Å². The van der Waals surface area contributed by atoms with Crippen molar-refractivity contribution in [1.29, 1.82) is 0 Å². The first-order chi connectivity index (χ1) is 13.0. The van der Waals surface area contributed by atoms with Crippen LogP contribution in [0, 0.1) is 5.92 Å². The van der Waals surface area contributed by atoms with Crippen molar-refractivity contribution in [3.8, 4) is 5.75 Å². The molecule has 0 amide bonds. The van der Waals surface area contributed by atoms with E-state index in [1.54, 1.807) is 0 Å². The Labute approximate surface area is 159 Å². The van der Waals surface area contributed by atoms with Crippen LogP contribution < -0.4 is 10.1 Å². The van der Waals surface area contributed by atoms with Gasteiger partial charge in [-0.3, -0.25) is 4.79 Å². The van der Waals surface area contributed by atoms with Crippen LogP contribution in [0.3, 0.4) is 0 Å². The third-order valence-corrected chi connectivity index (χ3v) is 4.25. The van der Waals surface area contributed by atoms with E-state index >= 15 is 0 Å². The lowest BCUT2D eigenvalue weighted by atomic mass is 10.1. The fraction of sp³-hybridized carbons (Fsp3) is 0.429. The minimum Gasteiger partial charge on any atom is -0.491 e. The fourth-order valence-corrected chi connectivity index (χ4v) is 2.69. The molecule has 1 N–H and O–H groups in total. The number of carbonyl (C=O) groups is 2. The van der Waals surface area contributed by atoms with E-state index in [0.29, 0.717) is 24.0 Å². The molecule has 2 aromatic rings. The molecule has 6 heteroatoms. The number of hydrogen-bond acceptors (Lipinski definition) is 6. The molecule has 2 rings (SSSR count). The van der Waals surface area contributed by atoms with Gasteiger partial charge in [0.1, 0.15) is 11.8 Å². The minimum absolute atomic E-state index is 0.141. The van der Waals surface area contributed by atoms with Crippen LogP contribution >= 0.6 is 0 Å². The number of anilines is 1. The van der Waals surface area contributed by atoms with Gasteiger partial charge in [-0.1, -0.05) is 44.2 Å². The number of rotatable bonds is 9. The van der Waals surface area contributed by atoms with Crippen LogP contribution in [0.2, 0.25) is 0 Å². The predicted molar refractivity (Wildman–Crippen MR) is 105 cm³/mol. The monoisotopic (exact) mass is 373 g/mol. The highest BCUT2D eigenvalue weighted by Gasteiger charge is 2.25. The van der Waals surface area contributed by atoms with E-state index in [0.717, 1.165) is 17.2 Å². The van der Waals surface area contributed by atoms with E-state index in [4.69, 9.17) is 14.2 Å². The molecule has 0 fully saturated rings. The Morgan fingerprint density at radius 1 is 1.04 bits per heavy atom. The molecule has 146 valence electrons. The number of methoxy groups -OCH3 is 2. The Morgan fingerprint density at radius 3 is 2.44 bits per heavy atom. The lowest BCUT2D eigenvalue weighted by Gasteiger charge is -2.21. The summed E-state index contributed by atoms with van der Waals surface area (Å²) in [5, 5.41) is 5.04. The van der Waals surface area contributed by atoms with Gasteiger partial charge in [0.15, 0.2) is 0 Å². The SMILES string of the molecule is COC(=O)C[C@H](Nc1c(OCCC(C)C)ccc2ccccc12)C(=O)OC. The van der Waals surface area contributed by atoms with E-state index in [1.165, 1.54) is 14.2 Å². The van der Waals surface area contributed by atoms with Crippen molar-refractivity contribution in [3.05, 3.63) is 36.4 Å². The number of nitrogens with one attached hydrogen (secondary N) is 1. The van der Waals surface area contributed by atoms with Gasteiger partial charge in [0.05, 0.1) is 32.9 Å². The molecule has 0 aromatic heterocycles. The van der Waals surface area contributed by atoms with Crippen molar-refractivity contribution >= 4 is 28.4 Å². The van der Waals surface area contributed by atoms with Crippen LogP contribution in [0.25, 0.3) is 10.8 Å². The summed E-state index contributed by atoms with van der Waals surface area (Å²) in [5.41, 5.74) is 0.663. The van der Waals surface area contributed by atoms with Crippen molar-refractivity contribution in [3.63, 3.8) is 0 Å². The number of fused-ring (bicyclic) bond motifs is 1. The summed E-state index contributed by atoms with van der Waals surface area (Å²) >= 11 is 0. The van der Waals surface area contributed by atoms with Crippen molar-refractivity contribution in [2.45, 2.75) is 32.7 Å². The van der Waals surface area contributed by atoms with Crippen LogP contribution in [-0.2, 0) is 19.1 Å². The maximum Gasteiger partial charge on any atom is 0.328 e. The minimum atomic E-state index is -0.874. The smallest absolute Gasteiger partial charge is 0.328 e. The van der Waals surface area contributed by atoms with Gasteiger partial charge in [0, 0.05) is 5.39 Å². The fourth-order valence-electron chi connectivity index (χ4n) is 2.69. The second-order valence-corrected chi connectivity index (χ2v) is 6.69. The molecule has 0 aliphatic heterocycles. The summed E-state index contributed by atoms with van der Waals surface area (Å²) in [5.74, 6) is 0.110. The van der Waals surface area contributed by atoms with Gasteiger partial charge in [-0.2, -0.15) is 0 Å². The molecule has 0 unspecified atom stereocenters.